The molecule has 1 aromatic carbocycles. The van der Waals surface area contributed by atoms with Crippen LogP contribution in [0.25, 0.3) is 0 Å². The first-order chi connectivity index (χ1) is 8.13. The third-order valence-corrected chi connectivity index (χ3v) is 3.32. The third-order valence-electron chi connectivity index (χ3n) is 3.32. The minimum Gasteiger partial charge on any atom is -0.320 e. The number of benzene rings is 1. The van der Waals surface area contributed by atoms with Crippen molar-refractivity contribution < 1.29 is 0 Å². The topological polar surface area (TPSA) is 43.8 Å². The normalized spacial score (nSPS) is 12.7. The van der Waals surface area contributed by atoms with E-state index in [9.17, 15) is 0 Å². The van der Waals surface area contributed by atoms with Gasteiger partial charge in [-0.2, -0.15) is 5.10 Å². The molecule has 1 aromatic heterocycles. The first-order valence-corrected chi connectivity index (χ1v) is 5.97. The molecule has 0 aliphatic carbocycles. The Morgan fingerprint density at radius 1 is 1.35 bits per heavy atom. The molecule has 2 N–H and O–H groups in total. The highest BCUT2D eigenvalue weighted by Crippen LogP contribution is 2.24. The molecule has 1 unspecified atom stereocenters. The SMILES string of the molecule is CCn1cc(C(N)c2cccc(C)c2C)cn1. The predicted molar refractivity (Wildman–Crippen MR) is 69.8 cm³/mol. The standard InChI is InChI=1S/C14H19N3/c1-4-17-9-12(8-16-17)14(15)13-7-5-6-10(2)11(13)3/h5-9,14H,4,15H2,1-3H3. The van der Waals surface area contributed by atoms with E-state index in [-0.39, 0.29) is 6.04 Å². The molecule has 0 fully saturated rings. The molecule has 3 heteroatoms. The molecule has 90 valence electrons. The van der Waals surface area contributed by atoms with Crippen LogP contribution in [-0.4, -0.2) is 9.78 Å². The van der Waals surface area contributed by atoms with Gasteiger partial charge in [0, 0.05) is 18.3 Å². The van der Waals surface area contributed by atoms with Crippen molar-refractivity contribution in [3.63, 3.8) is 0 Å². The van der Waals surface area contributed by atoms with Gasteiger partial charge in [0.15, 0.2) is 0 Å². The average Bonchev–Trinajstić information content (AvgIpc) is 2.80. The number of nitrogens with zero attached hydrogens (tertiary/aromatic N) is 2. The molecule has 0 aliphatic heterocycles. The van der Waals surface area contributed by atoms with Gasteiger partial charge >= 0.3 is 0 Å². The summed E-state index contributed by atoms with van der Waals surface area (Å²) >= 11 is 0. The molecule has 17 heavy (non-hydrogen) atoms. The van der Waals surface area contributed by atoms with Crippen LogP contribution in [0.5, 0.6) is 0 Å². The van der Waals surface area contributed by atoms with Crippen LogP contribution in [-0.2, 0) is 6.54 Å². The highest BCUT2D eigenvalue weighted by atomic mass is 15.3. The molecule has 0 saturated heterocycles. The van der Waals surface area contributed by atoms with E-state index in [1.54, 1.807) is 0 Å². The van der Waals surface area contributed by atoms with Gasteiger partial charge in [-0.15, -0.1) is 0 Å². The Labute approximate surface area is 102 Å². The van der Waals surface area contributed by atoms with E-state index >= 15 is 0 Å². The van der Waals surface area contributed by atoms with Crippen molar-refractivity contribution >= 4 is 0 Å². The van der Waals surface area contributed by atoms with Crippen LogP contribution in [0, 0.1) is 13.8 Å². The number of hydrogen-bond acceptors (Lipinski definition) is 2. The highest BCUT2D eigenvalue weighted by molar-refractivity contribution is 5.39. The van der Waals surface area contributed by atoms with Crippen molar-refractivity contribution in [2.24, 2.45) is 5.73 Å². The maximum Gasteiger partial charge on any atom is 0.0585 e. The summed E-state index contributed by atoms with van der Waals surface area (Å²) in [4.78, 5) is 0. The number of aryl methyl sites for hydroxylation is 2. The van der Waals surface area contributed by atoms with Gasteiger partial charge in [0.25, 0.3) is 0 Å². The summed E-state index contributed by atoms with van der Waals surface area (Å²) in [5.74, 6) is 0. The lowest BCUT2D eigenvalue weighted by atomic mass is 9.95. The van der Waals surface area contributed by atoms with Gasteiger partial charge in [0.1, 0.15) is 0 Å². The van der Waals surface area contributed by atoms with E-state index < -0.39 is 0 Å². The lowest BCUT2D eigenvalue weighted by molar-refractivity contribution is 0.658. The van der Waals surface area contributed by atoms with E-state index in [0.29, 0.717) is 0 Å². The second-order valence-electron chi connectivity index (χ2n) is 4.40. The quantitative estimate of drug-likeness (QED) is 0.879. The van der Waals surface area contributed by atoms with Crippen molar-refractivity contribution in [3.05, 3.63) is 52.8 Å². The van der Waals surface area contributed by atoms with Crippen LogP contribution < -0.4 is 5.73 Å². The largest absolute Gasteiger partial charge is 0.320 e. The Morgan fingerprint density at radius 2 is 2.12 bits per heavy atom. The van der Waals surface area contributed by atoms with E-state index in [1.807, 2.05) is 17.1 Å². The molecule has 0 bridgehead atoms. The number of hydrogen-bond donors (Lipinski definition) is 1. The van der Waals surface area contributed by atoms with Crippen molar-refractivity contribution in [1.82, 2.24) is 9.78 Å². The predicted octanol–water partition coefficient (Wildman–Crippen LogP) is 2.57. The number of nitrogens with two attached hydrogens (primary N) is 1. The minimum atomic E-state index is -0.0878. The molecular formula is C14H19N3. The number of rotatable bonds is 3. The molecule has 2 rings (SSSR count). The molecule has 0 spiro atoms. The maximum atomic E-state index is 6.30. The molecule has 0 radical (unpaired) electrons. The summed E-state index contributed by atoms with van der Waals surface area (Å²) in [6.07, 6.45) is 3.88. The fraction of sp³-hybridized carbons (Fsp3) is 0.357. The first kappa shape index (κ1) is 11.9. The van der Waals surface area contributed by atoms with Gasteiger partial charge in [0.2, 0.25) is 0 Å². The zero-order chi connectivity index (χ0) is 12.4. The lowest BCUT2D eigenvalue weighted by Crippen LogP contribution is -2.13. The van der Waals surface area contributed by atoms with E-state index in [2.05, 4.69) is 44.1 Å². The second kappa shape index (κ2) is 4.72. The average molecular weight is 229 g/mol. The number of aromatic nitrogens is 2. The van der Waals surface area contributed by atoms with E-state index in [4.69, 9.17) is 5.73 Å². The Morgan fingerprint density at radius 3 is 2.76 bits per heavy atom. The van der Waals surface area contributed by atoms with Gasteiger partial charge < -0.3 is 5.73 Å². The van der Waals surface area contributed by atoms with Crippen LogP contribution in [0.15, 0.2) is 30.6 Å². The summed E-state index contributed by atoms with van der Waals surface area (Å²) in [5.41, 5.74) is 11.1. The van der Waals surface area contributed by atoms with Crippen LogP contribution in [0.3, 0.4) is 0 Å². The molecule has 2 aromatic rings. The molecule has 0 aliphatic rings. The summed E-state index contributed by atoms with van der Waals surface area (Å²) in [5, 5.41) is 4.27. The van der Waals surface area contributed by atoms with Gasteiger partial charge in [-0.1, -0.05) is 18.2 Å². The summed E-state index contributed by atoms with van der Waals surface area (Å²) in [6.45, 7) is 7.18. The van der Waals surface area contributed by atoms with Crippen molar-refractivity contribution in [2.75, 3.05) is 0 Å². The van der Waals surface area contributed by atoms with E-state index in [0.717, 1.165) is 12.1 Å². The van der Waals surface area contributed by atoms with Crippen molar-refractivity contribution in [1.29, 1.82) is 0 Å². The second-order valence-corrected chi connectivity index (χ2v) is 4.40. The molecule has 0 amide bonds. The maximum absolute atomic E-state index is 6.30. The first-order valence-electron chi connectivity index (χ1n) is 5.97. The van der Waals surface area contributed by atoms with Crippen LogP contribution in [0.1, 0.15) is 35.2 Å². The Hall–Kier alpha value is -1.61. The molecule has 0 saturated carbocycles. The fourth-order valence-electron chi connectivity index (χ4n) is 2.00. The Bertz CT molecular complexity index is 514. The van der Waals surface area contributed by atoms with Gasteiger partial charge in [-0.25, -0.2) is 0 Å². The molecule has 3 nitrogen and oxygen atoms in total. The van der Waals surface area contributed by atoms with Gasteiger partial charge in [-0.3, -0.25) is 4.68 Å². The Balaban J connectivity index is 2.36. The molecule has 1 atom stereocenters. The minimum absolute atomic E-state index is 0.0878. The van der Waals surface area contributed by atoms with Crippen molar-refractivity contribution in [2.45, 2.75) is 33.4 Å². The zero-order valence-corrected chi connectivity index (χ0v) is 10.6. The summed E-state index contributed by atoms with van der Waals surface area (Å²) < 4.78 is 1.90. The van der Waals surface area contributed by atoms with Crippen molar-refractivity contribution in [3.8, 4) is 0 Å². The van der Waals surface area contributed by atoms with Crippen LogP contribution in [0.2, 0.25) is 0 Å². The highest BCUT2D eigenvalue weighted by Gasteiger charge is 2.13. The van der Waals surface area contributed by atoms with Crippen LogP contribution in [0.4, 0.5) is 0 Å². The Kier molecular flexibility index (Phi) is 3.29. The lowest BCUT2D eigenvalue weighted by Gasteiger charge is -2.14. The van der Waals surface area contributed by atoms with Gasteiger partial charge in [0.05, 0.1) is 12.2 Å². The van der Waals surface area contributed by atoms with Crippen LogP contribution >= 0.6 is 0 Å². The molecule has 1 heterocycles. The zero-order valence-electron chi connectivity index (χ0n) is 10.6. The summed E-state index contributed by atoms with van der Waals surface area (Å²) in [7, 11) is 0. The van der Waals surface area contributed by atoms with Gasteiger partial charge in [-0.05, 0) is 37.5 Å². The smallest absolute Gasteiger partial charge is 0.0585 e. The monoisotopic (exact) mass is 229 g/mol. The summed E-state index contributed by atoms with van der Waals surface area (Å²) in [6, 6.07) is 6.18. The third kappa shape index (κ3) is 2.24. The van der Waals surface area contributed by atoms with E-state index in [1.165, 1.54) is 16.7 Å². The fourth-order valence-corrected chi connectivity index (χ4v) is 2.00. The molecular weight excluding hydrogens is 210 g/mol.